The number of rotatable bonds is 8. The van der Waals surface area contributed by atoms with Crippen molar-refractivity contribution in [2.45, 2.75) is 93.5 Å². The van der Waals surface area contributed by atoms with E-state index in [0.717, 1.165) is 11.8 Å². The van der Waals surface area contributed by atoms with Crippen LogP contribution in [-0.4, -0.2) is 12.6 Å². The molecule has 0 radical (unpaired) electrons. The largest absolute Gasteiger partial charge is 0.314 e. The Bertz CT molecular complexity index is 351. The molecule has 1 rings (SSSR count). The molecular formula is C21H43N. The highest BCUT2D eigenvalue weighted by Gasteiger charge is 2.45. The average Bonchev–Trinajstić information content (AvgIpc) is 2.41. The van der Waals surface area contributed by atoms with E-state index in [2.05, 4.69) is 74.7 Å². The first-order valence-corrected chi connectivity index (χ1v) is 9.60. The van der Waals surface area contributed by atoms with E-state index in [-0.39, 0.29) is 5.54 Å². The quantitative estimate of drug-likeness (QED) is 0.568. The van der Waals surface area contributed by atoms with Gasteiger partial charge in [0.05, 0.1) is 0 Å². The first-order valence-electron chi connectivity index (χ1n) is 9.60. The second kappa shape index (κ2) is 6.83. The van der Waals surface area contributed by atoms with Crippen LogP contribution in [0.5, 0.6) is 0 Å². The topological polar surface area (TPSA) is 12.0 Å². The first-order chi connectivity index (χ1) is 9.91. The highest BCUT2D eigenvalue weighted by Crippen LogP contribution is 2.53. The Balaban J connectivity index is 2.84. The minimum atomic E-state index is 0.241. The van der Waals surface area contributed by atoms with E-state index in [4.69, 9.17) is 0 Å². The van der Waals surface area contributed by atoms with Crippen LogP contribution >= 0.6 is 0 Å². The summed E-state index contributed by atoms with van der Waals surface area (Å²) in [6, 6.07) is 0. The first kappa shape index (κ1) is 20.0. The normalized spacial score (nSPS) is 28.6. The van der Waals surface area contributed by atoms with Crippen LogP contribution in [0.25, 0.3) is 0 Å². The van der Waals surface area contributed by atoms with Crippen molar-refractivity contribution in [1.29, 1.82) is 0 Å². The monoisotopic (exact) mass is 309 g/mol. The van der Waals surface area contributed by atoms with Gasteiger partial charge in [0.2, 0.25) is 0 Å². The summed E-state index contributed by atoms with van der Waals surface area (Å²) in [6.45, 7) is 22.1. The van der Waals surface area contributed by atoms with Gasteiger partial charge in [-0.1, -0.05) is 61.8 Å². The van der Waals surface area contributed by atoms with Crippen LogP contribution in [-0.2, 0) is 0 Å². The van der Waals surface area contributed by atoms with E-state index < -0.39 is 0 Å². The lowest BCUT2D eigenvalue weighted by molar-refractivity contribution is -0.0129. The molecule has 1 nitrogen and oxygen atoms in total. The maximum Gasteiger partial charge on any atom is 0.0176 e. The Morgan fingerprint density at radius 1 is 1.00 bits per heavy atom. The average molecular weight is 310 g/mol. The third-order valence-electron chi connectivity index (χ3n) is 7.83. The third-order valence-corrected chi connectivity index (χ3v) is 7.83. The summed E-state index contributed by atoms with van der Waals surface area (Å²) in [5.74, 6) is 3.24. The molecule has 0 amide bonds. The molecule has 0 bridgehead atoms. The van der Waals surface area contributed by atoms with Crippen LogP contribution in [0.1, 0.15) is 88.0 Å². The van der Waals surface area contributed by atoms with Gasteiger partial charge in [0.15, 0.2) is 0 Å². The van der Waals surface area contributed by atoms with Crippen LogP contribution in [0, 0.1) is 34.5 Å². The molecule has 0 aliphatic heterocycles. The summed E-state index contributed by atoms with van der Waals surface area (Å²) >= 11 is 0. The van der Waals surface area contributed by atoms with Crippen LogP contribution < -0.4 is 5.32 Å². The molecule has 5 atom stereocenters. The van der Waals surface area contributed by atoms with Crippen molar-refractivity contribution in [2.75, 3.05) is 7.05 Å². The van der Waals surface area contributed by atoms with Crippen molar-refractivity contribution in [3.05, 3.63) is 0 Å². The summed E-state index contributed by atoms with van der Waals surface area (Å²) in [5.41, 5.74) is 1.09. The van der Waals surface area contributed by atoms with E-state index in [0.29, 0.717) is 22.7 Å². The van der Waals surface area contributed by atoms with E-state index >= 15 is 0 Å². The third kappa shape index (κ3) is 3.89. The molecule has 0 aromatic carbocycles. The lowest BCUT2D eigenvalue weighted by Crippen LogP contribution is -2.51. The van der Waals surface area contributed by atoms with Crippen LogP contribution in [0.2, 0.25) is 0 Å². The summed E-state index contributed by atoms with van der Waals surface area (Å²) in [6.07, 6.45) is 5.41. The molecule has 1 fully saturated rings. The Labute approximate surface area is 141 Å². The molecule has 0 aromatic rings. The molecule has 0 aromatic heterocycles. The lowest BCUT2D eigenvalue weighted by atomic mass is 9.54. The fraction of sp³-hybridized carbons (Fsp3) is 1.00. The van der Waals surface area contributed by atoms with E-state index in [1.165, 1.54) is 25.7 Å². The van der Waals surface area contributed by atoms with Crippen molar-refractivity contribution in [3.8, 4) is 0 Å². The molecule has 1 aliphatic rings. The van der Waals surface area contributed by atoms with Gasteiger partial charge in [0.25, 0.3) is 0 Å². The lowest BCUT2D eigenvalue weighted by Gasteiger charge is -2.52. The number of nitrogens with one attached hydrogen (secondary N) is 1. The highest BCUT2D eigenvalue weighted by atomic mass is 14.9. The van der Waals surface area contributed by atoms with Crippen molar-refractivity contribution >= 4 is 0 Å². The van der Waals surface area contributed by atoms with Crippen molar-refractivity contribution in [3.63, 3.8) is 0 Å². The minimum absolute atomic E-state index is 0.241. The highest BCUT2D eigenvalue weighted by molar-refractivity contribution is 4.97. The molecule has 5 unspecified atom stereocenters. The Hall–Kier alpha value is -0.0400. The predicted octanol–water partition coefficient (Wildman–Crippen LogP) is 6.14. The summed E-state index contributed by atoms with van der Waals surface area (Å²) in [4.78, 5) is 0. The van der Waals surface area contributed by atoms with E-state index in [9.17, 15) is 0 Å². The van der Waals surface area contributed by atoms with Crippen LogP contribution in [0.3, 0.4) is 0 Å². The molecule has 1 saturated carbocycles. The van der Waals surface area contributed by atoms with Gasteiger partial charge in [-0.2, -0.15) is 0 Å². The van der Waals surface area contributed by atoms with Gasteiger partial charge in [0.1, 0.15) is 0 Å². The van der Waals surface area contributed by atoms with Crippen LogP contribution in [0.15, 0.2) is 0 Å². The SMILES string of the molecule is CCC(C)(NC)C(C)C(C)C(C)(C)CC(C)(C)C1CCC1C. The maximum absolute atomic E-state index is 3.60. The van der Waals surface area contributed by atoms with Crippen molar-refractivity contribution < 1.29 is 0 Å². The zero-order valence-corrected chi connectivity index (χ0v) is 17.1. The molecule has 132 valence electrons. The van der Waals surface area contributed by atoms with Crippen molar-refractivity contribution in [1.82, 2.24) is 5.32 Å². The standard InChI is InChI=1S/C21H43N/c1-11-21(9,22-10)17(4)16(3)19(5,6)14-20(7,8)18-13-12-15(18)2/h15-18,22H,11-14H2,1-10H3. The van der Waals surface area contributed by atoms with Gasteiger partial charge in [-0.05, 0) is 67.7 Å². The second-order valence-corrected chi connectivity index (χ2v) is 9.91. The van der Waals surface area contributed by atoms with Gasteiger partial charge >= 0.3 is 0 Å². The second-order valence-electron chi connectivity index (χ2n) is 9.91. The smallest absolute Gasteiger partial charge is 0.0176 e. The number of hydrogen-bond donors (Lipinski definition) is 1. The summed E-state index contributed by atoms with van der Waals surface area (Å²) in [5, 5.41) is 3.60. The number of hydrogen-bond acceptors (Lipinski definition) is 1. The maximum atomic E-state index is 3.60. The fourth-order valence-corrected chi connectivity index (χ4v) is 5.25. The molecule has 1 heteroatoms. The molecule has 1 N–H and O–H groups in total. The Morgan fingerprint density at radius 3 is 1.86 bits per heavy atom. The molecule has 1 aliphatic carbocycles. The van der Waals surface area contributed by atoms with Gasteiger partial charge in [-0.15, -0.1) is 0 Å². The van der Waals surface area contributed by atoms with Gasteiger partial charge in [0, 0.05) is 5.54 Å². The van der Waals surface area contributed by atoms with E-state index in [1.807, 2.05) is 0 Å². The molecular weight excluding hydrogens is 266 g/mol. The summed E-state index contributed by atoms with van der Waals surface area (Å²) in [7, 11) is 2.12. The van der Waals surface area contributed by atoms with Crippen molar-refractivity contribution in [2.24, 2.45) is 34.5 Å². The molecule has 0 spiro atoms. The molecule has 0 heterocycles. The zero-order chi connectivity index (χ0) is 17.3. The van der Waals surface area contributed by atoms with Gasteiger partial charge in [-0.25, -0.2) is 0 Å². The van der Waals surface area contributed by atoms with Gasteiger partial charge < -0.3 is 5.32 Å². The minimum Gasteiger partial charge on any atom is -0.314 e. The summed E-state index contributed by atoms with van der Waals surface area (Å²) < 4.78 is 0. The van der Waals surface area contributed by atoms with Crippen LogP contribution in [0.4, 0.5) is 0 Å². The Kier molecular flexibility index (Phi) is 6.21. The molecule has 22 heavy (non-hydrogen) atoms. The fourth-order valence-electron chi connectivity index (χ4n) is 5.25. The predicted molar refractivity (Wildman–Crippen MR) is 100 cm³/mol. The van der Waals surface area contributed by atoms with Gasteiger partial charge in [-0.3, -0.25) is 0 Å². The Morgan fingerprint density at radius 2 is 1.55 bits per heavy atom. The molecule has 0 saturated heterocycles. The zero-order valence-electron chi connectivity index (χ0n) is 17.1. The van der Waals surface area contributed by atoms with E-state index in [1.54, 1.807) is 0 Å².